The van der Waals surface area contributed by atoms with Crippen molar-refractivity contribution in [3.63, 3.8) is 0 Å². The lowest BCUT2D eigenvalue weighted by molar-refractivity contribution is 0.0594. The number of esters is 1. The maximum atomic E-state index is 13.3. The van der Waals surface area contributed by atoms with Crippen LogP contribution in [0.2, 0.25) is 0 Å². The highest BCUT2D eigenvalue weighted by molar-refractivity contribution is 5.88. The van der Waals surface area contributed by atoms with Crippen molar-refractivity contribution in [3.8, 4) is 0 Å². The minimum Gasteiger partial charge on any atom is -0.464 e. The summed E-state index contributed by atoms with van der Waals surface area (Å²) >= 11 is 0. The predicted molar refractivity (Wildman–Crippen MR) is 73.3 cm³/mol. The van der Waals surface area contributed by atoms with E-state index in [1.165, 1.54) is 13.2 Å². The third-order valence-corrected chi connectivity index (χ3v) is 3.99. The second kappa shape index (κ2) is 5.31. The van der Waals surface area contributed by atoms with Crippen molar-refractivity contribution in [1.29, 1.82) is 0 Å². The van der Waals surface area contributed by atoms with E-state index in [4.69, 9.17) is 4.74 Å². The van der Waals surface area contributed by atoms with Crippen LogP contribution in [0.15, 0.2) is 24.3 Å². The molecular formula is C16H15F2NO2. The van der Waals surface area contributed by atoms with Crippen molar-refractivity contribution in [1.82, 2.24) is 4.98 Å². The zero-order valence-electron chi connectivity index (χ0n) is 11.6. The van der Waals surface area contributed by atoms with E-state index in [1.807, 2.05) is 0 Å². The van der Waals surface area contributed by atoms with Gasteiger partial charge in [-0.15, -0.1) is 0 Å². The van der Waals surface area contributed by atoms with Gasteiger partial charge in [-0.2, -0.15) is 0 Å². The van der Waals surface area contributed by atoms with Crippen LogP contribution in [0.3, 0.4) is 0 Å². The van der Waals surface area contributed by atoms with E-state index in [1.54, 1.807) is 12.1 Å². The monoisotopic (exact) mass is 291 g/mol. The first-order chi connectivity index (χ1) is 10.1. The minimum absolute atomic E-state index is 0.208. The molecule has 1 aromatic heterocycles. The van der Waals surface area contributed by atoms with Crippen molar-refractivity contribution in [2.75, 3.05) is 7.11 Å². The number of aryl methyl sites for hydroxylation is 1. The summed E-state index contributed by atoms with van der Waals surface area (Å²) in [5.41, 5.74) is 3.30. The number of carbonyl (C=O) groups is 1. The number of nitrogens with one attached hydrogen (secondary N) is 1. The molecule has 1 N–H and O–H groups in total. The molecule has 0 fully saturated rings. The van der Waals surface area contributed by atoms with Gasteiger partial charge < -0.3 is 9.72 Å². The Morgan fingerprint density at radius 2 is 2.14 bits per heavy atom. The van der Waals surface area contributed by atoms with Gasteiger partial charge in [-0.25, -0.2) is 13.6 Å². The maximum absolute atomic E-state index is 13.3. The van der Waals surface area contributed by atoms with Crippen LogP contribution < -0.4 is 0 Å². The number of halogens is 2. The molecule has 0 aliphatic heterocycles. The molecule has 3 rings (SSSR count). The molecule has 1 heterocycles. The SMILES string of the molecule is COC(=O)c1cc2c([nH]1)CCC2Cc1ccc(F)c(F)c1. The summed E-state index contributed by atoms with van der Waals surface area (Å²) in [4.78, 5) is 14.6. The Morgan fingerprint density at radius 3 is 2.86 bits per heavy atom. The third-order valence-electron chi connectivity index (χ3n) is 3.99. The third kappa shape index (κ3) is 2.55. The number of aromatic amines is 1. The van der Waals surface area contributed by atoms with Crippen molar-refractivity contribution in [2.24, 2.45) is 0 Å². The first kappa shape index (κ1) is 13.8. The largest absolute Gasteiger partial charge is 0.464 e. The summed E-state index contributed by atoms with van der Waals surface area (Å²) in [6, 6.07) is 5.79. The fourth-order valence-corrected chi connectivity index (χ4v) is 2.94. The first-order valence-corrected chi connectivity index (χ1v) is 6.82. The quantitative estimate of drug-likeness (QED) is 0.881. The summed E-state index contributed by atoms with van der Waals surface area (Å²) < 4.78 is 30.9. The number of benzene rings is 1. The lowest BCUT2D eigenvalue weighted by Crippen LogP contribution is -2.03. The molecule has 1 atom stereocenters. The van der Waals surface area contributed by atoms with Gasteiger partial charge in [-0.1, -0.05) is 6.07 Å². The van der Waals surface area contributed by atoms with Crippen LogP contribution in [-0.4, -0.2) is 18.1 Å². The summed E-state index contributed by atoms with van der Waals surface area (Å²) in [6.45, 7) is 0. The highest BCUT2D eigenvalue weighted by Gasteiger charge is 2.27. The number of methoxy groups -OCH3 is 1. The standard InChI is InChI=1S/C16H15F2NO2/c1-21-16(20)15-8-11-10(3-5-14(11)19-15)6-9-2-4-12(17)13(18)7-9/h2,4,7-8,10,19H,3,5-6H2,1H3. The van der Waals surface area contributed by atoms with Crippen LogP contribution >= 0.6 is 0 Å². The van der Waals surface area contributed by atoms with Gasteiger partial charge in [0, 0.05) is 5.69 Å². The average Bonchev–Trinajstić information content (AvgIpc) is 3.04. The second-order valence-corrected chi connectivity index (χ2v) is 5.30. The Kier molecular flexibility index (Phi) is 3.49. The Bertz CT molecular complexity index is 694. The number of aromatic nitrogens is 1. The van der Waals surface area contributed by atoms with Gasteiger partial charge in [0.05, 0.1) is 7.11 Å². The van der Waals surface area contributed by atoms with E-state index in [2.05, 4.69) is 4.98 Å². The molecule has 0 saturated carbocycles. The van der Waals surface area contributed by atoms with E-state index >= 15 is 0 Å². The van der Waals surface area contributed by atoms with Crippen molar-refractivity contribution >= 4 is 5.97 Å². The molecule has 0 spiro atoms. The molecule has 0 amide bonds. The average molecular weight is 291 g/mol. The smallest absolute Gasteiger partial charge is 0.354 e. The van der Waals surface area contributed by atoms with E-state index in [0.717, 1.165) is 35.7 Å². The van der Waals surface area contributed by atoms with Gasteiger partial charge in [-0.3, -0.25) is 0 Å². The highest BCUT2D eigenvalue weighted by atomic mass is 19.2. The Morgan fingerprint density at radius 1 is 1.33 bits per heavy atom. The number of fused-ring (bicyclic) bond motifs is 1. The molecule has 0 saturated heterocycles. The number of carbonyl (C=O) groups excluding carboxylic acids is 1. The summed E-state index contributed by atoms with van der Waals surface area (Å²) in [5.74, 6) is -1.84. The lowest BCUT2D eigenvalue weighted by Gasteiger charge is -2.10. The van der Waals surface area contributed by atoms with Crippen molar-refractivity contribution in [3.05, 3.63) is 58.4 Å². The van der Waals surface area contributed by atoms with Gasteiger partial charge in [0.15, 0.2) is 11.6 Å². The fourth-order valence-electron chi connectivity index (χ4n) is 2.94. The molecule has 0 radical (unpaired) electrons. The molecule has 1 aromatic carbocycles. The zero-order valence-corrected chi connectivity index (χ0v) is 11.6. The number of hydrogen-bond acceptors (Lipinski definition) is 2. The number of rotatable bonds is 3. The number of H-pyrrole nitrogens is 1. The molecular weight excluding hydrogens is 276 g/mol. The molecule has 1 unspecified atom stereocenters. The van der Waals surface area contributed by atoms with Crippen LogP contribution in [0.5, 0.6) is 0 Å². The molecule has 0 bridgehead atoms. The van der Waals surface area contributed by atoms with Crippen LogP contribution in [0.25, 0.3) is 0 Å². The number of ether oxygens (including phenoxy) is 1. The van der Waals surface area contributed by atoms with Crippen molar-refractivity contribution < 1.29 is 18.3 Å². The maximum Gasteiger partial charge on any atom is 0.354 e. The van der Waals surface area contributed by atoms with E-state index in [-0.39, 0.29) is 5.92 Å². The number of hydrogen-bond donors (Lipinski definition) is 1. The van der Waals surface area contributed by atoms with Crippen LogP contribution in [0, 0.1) is 11.6 Å². The first-order valence-electron chi connectivity index (χ1n) is 6.82. The minimum atomic E-state index is -0.833. The molecule has 3 nitrogen and oxygen atoms in total. The van der Waals surface area contributed by atoms with Gasteiger partial charge in [0.2, 0.25) is 0 Å². The summed E-state index contributed by atoms with van der Waals surface area (Å²) in [7, 11) is 1.34. The molecule has 5 heteroatoms. The topological polar surface area (TPSA) is 42.1 Å². The second-order valence-electron chi connectivity index (χ2n) is 5.30. The van der Waals surface area contributed by atoms with Crippen molar-refractivity contribution in [2.45, 2.75) is 25.2 Å². The molecule has 2 aromatic rings. The normalized spacial score (nSPS) is 16.8. The van der Waals surface area contributed by atoms with Gasteiger partial charge in [0.25, 0.3) is 0 Å². The molecule has 110 valence electrons. The van der Waals surface area contributed by atoms with Gasteiger partial charge >= 0.3 is 5.97 Å². The summed E-state index contributed by atoms with van der Waals surface area (Å²) in [5, 5.41) is 0. The predicted octanol–water partition coefficient (Wildman–Crippen LogP) is 3.35. The molecule has 1 aliphatic rings. The van der Waals surface area contributed by atoms with Gasteiger partial charge in [-0.05, 0) is 54.5 Å². The fraction of sp³-hybridized carbons (Fsp3) is 0.312. The van der Waals surface area contributed by atoms with Gasteiger partial charge in [0.1, 0.15) is 5.69 Å². The Hall–Kier alpha value is -2.17. The lowest BCUT2D eigenvalue weighted by atomic mass is 9.94. The van der Waals surface area contributed by atoms with Crippen LogP contribution in [0.1, 0.15) is 39.6 Å². The zero-order chi connectivity index (χ0) is 15.0. The van der Waals surface area contributed by atoms with E-state index < -0.39 is 17.6 Å². The summed E-state index contributed by atoms with van der Waals surface area (Å²) in [6.07, 6.45) is 2.41. The molecule has 21 heavy (non-hydrogen) atoms. The van der Waals surface area contributed by atoms with Crippen LogP contribution in [0.4, 0.5) is 8.78 Å². The molecule has 1 aliphatic carbocycles. The Labute approximate surface area is 120 Å². The Balaban J connectivity index is 1.82. The van der Waals surface area contributed by atoms with E-state index in [9.17, 15) is 13.6 Å². The van der Waals surface area contributed by atoms with E-state index in [0.29, 0.717) is 12.1 Å². The highest BCUT2D eigenvalue weighted by Crippen LogP contribution is 2.36. The van der Waals surface area contributed by atoms with Crippen LogP contribution in [-0.2, 0) is 17.6 Å².